The average molecular weight is 236 g/mol. The maximum atomic E-state index is 11.0. The number of rotatable bonds is 6. The highest BCUT2D eigenvalue weighted by Gasteiger charge is 2.16. The lowest BCUT2D eigenvalue weighted by molar-refractivity contribution is -0.141. The van der Waals surface area contributed by atoms with E-state index in [1.807, 2.05) is 25.1 Å². The monoisotopic (exact) mass is 236 g/mol. The third-order valence-electron chi connectivity index (χ3n) is 3.05. The predicted molar refractivity (Wildman–Crippen MR) is 67.5 cm³/mol. The van der Waals surface area contributed by atoms with Gasteiger partial charge in [-0.1, -0.05) is 26.0 Å². The largest absolute Gasteiger partial charge is 0.496 e. The molecule has 1 aromatic carbocycles. The van der Waals surface area contributed by atoms with Crippen LogP contribution in [0.4, 0.5) is 0 Å². The molecule has 0 aliphatic rings. The van der Waals surface area contributed by atoms with Gasteiger partial charge in [0.25, 0.3) is 0 Å². The van der Waals surface area contributed by atoms with Gasteiger partial charge in [0.2, 0.25) is 0 Å². The van der Waals surface area contributed by atoms with Crippen LogP contribution in [0, 0.1) is 5.92 Å². The Morgan fingerprint density at radius 1 is 1.41 bits per heavy atom. The molecule has 0 aliphatic heterocycles. The first-order valence-corrected chi connectivity index (χ1v) is 6.00. The SMILES string of the molecule is CCc1cc(CC(CC)C(=O)O)ccc1OC. The highest BCUT2D eigenvalue weighted by Crippen LogP contribution is 2.22. The Morgan fingerprint density at radius 3 is 2.59 bits per heavy atom. The van der Waals surface area contributed by atoms with Crippen molar-refractivity contribution in [2.75, 3.05) is 7.11 Å². The number of hydrogen-bond donors (Lipinski definition) is 1. The van der Waals surface area contributed by atoms with E-state index in [4.69, 9.17) is 9.84 Å². The van der Waals surface area contributed by atoms with Crippen LogP contribution in [-0.4, -0.2) is 18.2 Å². The summed E-state index contributed by atoms with van der Waals surface area (Å²) in [6.07, 6.45) is 2.13. The molecular weight excluding hydrogens is 216 g/mol. The van der Waals surface area contributed by atoms with Gasteiger partial charge < -0.3 is 9.84 Å². The number of aliphatic carboxylic acids is 1. The first-order chi connectivity index (χ1) is 8.12. The molecule has 3 heteroatoms. The predicted octanol–water partition coefficient (Wildman–Crippen LogP) is 2.91. The van der Waals surface area contributed by atoms with Gasteiger partial charge in [-0.25, -0.2) is 0 Å². The standard InChI is InChI=1S/C14H20O3/c1-4-11-8-10(6-7-13(11)17-3)9-12(5-2)14(15)16/h6-8,12H,4-5,9H2,1-3H3,(H,15,16). The van der Waals surface area contributed by atoms with Gasteiger partial charge in [-0.15, -0.1) is 0 Å². The van der Waals surface area contributed by atoms with Gasteiger partial charge in [-0.05, 0) is 36.5 Å². The molecule has 94 valence electrons. The molecule has 0 aliphatic carbocycles. The summed E-state index contributed by atoms with van der Waals surface area (Å²) in [5, 5.41) is 9.04. The van der Waals surface area contributed by atoms with Crippen LogP contribution in [-0.2, 0) is 17.6 Å². The Hall–Kier alpha value is -1.51. The van der Waals surface area contributed by atoms with E-state index in [1.54, 1.807) is 7.11 Å². The van der Waals surface area contributed by atoms with Crippen molar-refractivity contribution >= 4 is 5.97 Å². The zero-order valence-corrected chi connectivity index (χ0v) is 10.7. The third kappa shape index (κ3) is 3.48. The van der Waals surface area contributed by atoms with Gasteiger partial charge in [0, 0.05) is 0 Å². The second kappa shape index (κ2) is 6.28. The number of aryl methyl sites for hydroxylation is 1. The molecule has 0 bridgehead atoms. The second-order valence-corrected chi connectivity index (χ2v) is 4.15. The van der Waals surface area contributed by atoms with Crippen LogP contribution in [0.15, 0.2) is 18.2 Å². The van der Waals surface area contributed by atoms with E-state index in [2.05, 4.69) is 6.92 Å². The zero-order chi connectivity index (χ0) is 12.8. The van der Waals surface area contributed by atoms with Gasteiger partial charge in [0.1, 0.15) is 5.75 Å². The minimum absolute atomic E-state index is 0.298. The highest BCUT2D eigenvalue weighted by atomic mass is 16.5. The molecule has 1 atom stereocenters. The van der Waals surface area contributed by atoms with E-state index in [-0.39, 0.29) is 5.92 Å². The second-order valence-electron chi connectivity index (χ2n) is 4.15. The maximum absolute atomic E-state index is 11.0. The van der Waals surface area contributed by atoms with Crippen molar-refractivity contribution in [1.82, 2.24) is 0 Å². The summed E-state index contributed by atoms with van der Waals surface area (Å²) in [5.74, 6) is -0.144. The lowest BCUT2D eigenvalue weighted by Crippen LogP contribution is -2.15. The fourth-order valence-electron chi connectivity index (χ4n) is 1.93. The quantitative estimate of drug-likeness (QED) is 0.826. The number of benzene rings is 1. The maximum Gasteiger partial charge on any atom is 0.306 e. The number of hydrogen-bond acceptors (Lipinski definition) is 2. The summed E-state index contributed by atoms with van der Waals surface area (Å²) in [7, 11) is 1.65. The molecule has 0 heterocycles. The topological polar surface area (TPSA) is 46.5 Å². The lowest BCUT2D eigenvalue weighted by Gasteiger charge is -2.12. The van der Waals surface area contributed by atoms with E-state index >= 15 is 0 Å². The molecule has 0 saturated heterocycles. The summed E-state index contributed by atoms with van der Waals surface area (Å²) in [6, 6.07) is 5.91. The number of methoxy groups -OCH3 is 1. The molecule has 3 nitrogen and oxygen atoms in total. The fraction of sp³-hybridized carbons (Fsp3) is 0.500. The molecule has 0 saturated carbocycles. The van der Waals surface area contributed by atoms with Crippen LogP contribution in [0.3, 0.4) is 0 Å². The van der Waals surface area contributed by atoms with Crippen LogP contribution in [0.5, 0.6) is 5.75 Å². The molecule has 17 heavy (non-hydrogen) atoms. The van der Waals surface area contributed by atoms with Gasteiger partial charge >= 0.3 is 5.97 Å². The third-order valence-corrected chi connectivity index (χ3v) is 3.05. The van der Waals surface area contributed by atoms with Crippen molar-refractivity contribution in [3.05, 3.63) is 29.3 Å². The Balaban J connectivity index is 2.88. The first-order valence-electron chi connectivity index (χ1n) is 6.00. The minimum atomic E-state index is -0.721. The van der Waals surface area contributed by atoms with Crippen molar-refractivity contribution in [2.45, 2.75) is 33.1 Å². The molecule has 1 aromatic rings. The number of carbonyl (C=O) groups is 1. The summed E-state index contributed by atoms with van der Waals surface area (Å²) in [5.41, 5.74) is 2.20. The summed E-state index contributed by atoms with van der Waals surface area (Å²) in [6.45, 7) is 3.97. The van der Waals surface area contributed by atoms with Crippen molar-refractivity contribution in [2.24, 2.45) is 5.92 Å². The molecule has 0 aromatic heterocycles. The molecule has 0 radical (unpaired) electrons. The Morgan fingerprint density at radius 2 is 2.12 bits per heavy atom. The van der Waals surface area contributed by atoms with Crippen molar-refractivity contribution in [3.63, 3.8) is 0 Å². The minimum Gasteiger partial charge on any atom is -0.496 e. The molecule has 1 rings (SSSR count). The Labute approximate surface area is 102 Å². The summed E-state index contributed by atoms with van der Waals surface area (Å²) < 4.78 is 5.25. The molecule has 0 amide bonds. The van der Waals surface area contributed by atoms with Gasteiger partial charge in [0.15, 0.2) is 0 Å². The molecule has 1 unspecified atom stereocenters. The van der Waals surface area contributed by atoms with Crippen LogP contribution >= 0.6 is 0 Å². The first kappa shape index (κ1) is 13.6. The van der Waals surface area contributed by atoms with E-state index in [1.165, 1.54) is 0 Å². The molecular formula is C14H20O3. The number of ether oxygens (including phenoxy) is 1. The molecule has 0 spiro atoms. The molecule has 0 fully saturated rings. The fourth-order valence-corrected chi connectivity index (χ4v) is 1.93. The van der Waals surface area contributed by atoms with E-state index in [9.17, 15) is 4.79 Å². The van der Waals surface area contributed by atoms with Gasteiger partial charge in [-0.2, -0.15) is 0 Å². The van der Waals surface area contributed by atoms with Gasteiger partial charge in [0.05, 0.1) is 13.0 Å². The van der Waals surface area contributed by atoms with Crippen LogP contribution in [0.25, 0.3) is 0 Å². The van der Waals surface area contributed by atoms with E-state index < -0.39 is 5.97 Å². The van der Waals surface area contributed by atoms with Crippen LogP contribution in [0.1, 0.15) is 31.4 Å². The van der Waals surface area contributed by atoms with Crippen molar-refractivity contribution in [1.29, 1.82) is 0 Å². The smallest absolute Gasteiger partial charge is 0.306 e. The van der Waals surface area contributed by atoms with Crippen LogP contribution < -0.4 is 4.74 Å². The number of carboxylic acids is 1. The van der Waals surface area contributed by atoms with Crippen LogP contribution in [0.2, 0.25) is 0 Å². The zero-order valence-electron chi connectivity index (χ0n) is 10.7. The number of carboxylic acid groups (broad SMARTS) is 1. The summed E-state index contributed by atoms with van der Waals surface area (Å²) >= 11 is 0. The van der Waals surface area contributed by atoms with Gasteiger partial charge in [-0.3, -0.25) is 4.79 Å². The highest BCUT2D eigenvalue weighted by molar-refractivity contribution is 5.70. The van der Waals surface area contributed by atoms with Crippen molar-refractivity contribution < 1.29 is 14.6 Å². The molecule has 1 N–H and O–H groups in total. The summed E-state index contributed by atoms with van der Waals surface area (Å²) in [4.78, 5) is 11.0. The van der Waals surface area contributed by atoms with E-state index in [0.717, 1.165) is 23.3 Å². The average Bonchev–Trinajstić information content (AvgIpc) is 2.35. The Kier molecular flexibility index (Phi) is 5.01. The lowest BCUT2D eigenvalue weighted by atomic mass is 9.95. The van der Waals surface area contributed by atoms with Crippen molar-refractivity contribution in [3.8, 4) is 5.75 Å². The normalized spacial score (nSPS) is 12.2. The Bertz CT molecular complexity index is 385. The van der Waals surface area contributed by atoms with E-state index in [0.29, 0.717) is 12.8 Å².